The van der Waals surface area contributed by atoms with Crippen LogP contribution in [0.2, 0.25) is 0 Å². The number of hydrogen-bond acceptors (Lipinski definition) is 4. The van der Waals surface area contributed by atoms with Crippen LogP contribution in [0.4, 0.5) is 39.0 Å². The van der Waals surface area contributed by atoms with Crippen LogP contribution in [0.15, 0.2) is 60.7 Å². The number of carbonyl (C=O) groups excluding carboxylic acids is 2. The van der Waals surface area contributed by atoms with Gasteiger partial charge >= 0.3 is 5.92 Å². The molecule has 1 aliphatic heterocycles. The Kier molecular flexibility index (Phi) is 6.97. The Hall–Kier alpha value is -4.28. The summed E-state index contributed by atoms with van der Waals surface area (Å²) < 4.78 is 68.6. The molecule has 1 heterocycles. The number of anilines is 3. The largest absolute Gasteiger partial charge is 0.355 e. The fraction of sp³-hybridized carbons (Fsp3) is 0.192. The van der Waals surface area contributed by atoms with Crippen molar-refractivity contribution < 1.29 is 31.5 Å². The fourth-order valence-corrected chi connectivity index (χ4v) is 4.21. The topological polar surface area (TPSA) is 85.3 Å². The Morgan fingerprint density at radius 2 is 1.65 bits per heavy atom. The van der Waals surface area contributed by atoms with E-state index in [1.165, 1.54) is 36.4 Å². The number of benzene rings is 3. The summed E-state index contributed by atoms with van der Waals surface area (Å²) in [4.78, 5) is 26.2. The minimum absolute atomic E-state index is 0.0435. The van der Waals surface area contributed by atoms with Crippen LogP contribution < -0.4 is 15.5 Å². The van der Waals surface area contributed by atoms with Crippen LogP contribution in [0, 0.1) is 22.9 Å². The number of rotatable bonds is 7. The van der Waals surface area contributed by atoms with Crippen molar-refractivity contribution in [3.05, 3.63) is 89.2 Å². The monoisotopic (exact) mass is 516 g/mol. The van der Waals surface area contributed by atoms with E-state index in [4.69, 9.17) is 5.41 Å². The molecule has 3 aromatic rings. The third-order valence-corrected chi connectivity index (χ3v) is 5.86. The van der Waals surface area contributed by atoms with Crippen LogP contribution in [-0.2, 0) is 9.59 Å². The molecule has 0 aliphatic carbocycles. The van der Waals surface area contributed by atoms with Gasteiger partial charge in [0.2, 0.25) is 5.91 Å². The minimum Gasteiger partial charge on any atom is -0.355 e. The second-order valence-corrected chi connectivity index (χ2v) is 8.63. The summed E-state index contributed by atoms with van der Waals surface area (Å²) in [6, 6.07) is 10.1. The highest BCUT2D eigenvalue weighted by Crippen LogP contribution is 2.39. The fourth-order valence-electron chi connectivity index (χ4n) is 4.21. The first-order chi connectivity index (χ1) is 17.5. The number of nitrogens with zero attached hydrogens (tertiary/aromatic N) is 1. The summed E-state index contributed by atoms with van der Waals surface area (Å²) in [5.74, 6) is -8.28. The van der Waals surface area contributed by atoms with E-state index < -0.39 is 53.7 Å². The molecule has 1 fully saturated rings. The Labute approximate surface area is 208 Å². The lowest BCUT2D eigenvalue weighted by atomic mass is 9.98. The van der Waals surface area contributed by atoms with E-state index in [2.05, 4.69) is 10.6 Å². The second kappa shape index (κ2) is 10.00. The van der Waals surface area contributed by atoms with Crippen molar-refractivity contribution >= 4 is 35.1 Å². The maximum Gasteiger partial charge on any atom is 0.321 e. The molecule has 0 saturated carbocycles. The number of amides is 2. The lowest BCUT2D eigenvalue weighted by Gasteiger charge is -2.30. The van der Waals surface area contributed by atoms with E-state index in [1.807, 2.05) is 0 Å². The third kappa shape index (κ3) is 5.60. The van der Waals surface area contributed by atoms with E-state index >= 15 is 0 Å². The molecular formula is C26H21F5N4O2. The average Bonchev–Trinajstić information content (AvgIpc) is 3.15. The van der Waals surface area contributed by atoms with Crippen molar-refractivity contribution in [2.75, 3.05) is 10.2 Å². The molecule has 11 heteroatoms. The first kappa shape index (κ1) is 25.8. The van der Waals surface area contributed by atoms with E-state index in [0.29, 0.717) is 29.9 Å². The van der Waals surface area contributed by atoms with Crippen molar-refractivity contribution in [2.45, 2.75) is 31.4 Å². The average molecular weight is 516 g/mol. The maximum absolute atomic E-state index is 14.1. The molecule has 2 unspecified atom stereocenters. The van der Waals surface area contributed by atoms with Crippen LogP contribution in [0.5, 0.6) is 0 Å². The summed E-state index contributed by atoms with van der Waals surface area (Å²) in [7, 11) is 0. The normalized spacial score (nSPS) is 17.6. The van der Waals surface area contributed by atoms with Crippen LogP contribution in [0.1, 0.15) is 30.5 Å². The molecule has 6 nitrogen and oxygen atoms in total. The van der Waals surface area contributed by atoms with Crippen molar-refractivity contribution in [2.24, 2.45) is 0 Å². The number of halogens is 5. The predicted octanol–water partition coefficient (Wildman–Crippen LogP) is 5.46. The molecule has 0 aromatic heterocycles. The zero-order valence-corrected chi connectivity index (χ0v) is 19.4. The zero-order chi connectivity index (χ0) is 26.9. The van der Waals surface area contributed by atoms with Gasteiger partial charge in [-0.3, -0.25) is 9.59 Å². The van der Waals surface area contributed by atoms with Crippen LogP contribution >= 0.6 is 0 Å². The molecule has 2 amide bonds. The first-order valence-corrected chi connectivity index (χ1v) is 11.1. The quantitative estimate of drug-likeness (QED) is 0.288. The van der Waals surface area contributed by atoms with Gasteiger partial charge in [-0.15, -0.1) is 0 Å². The van der Waals surface area contributed by atoms with Crippen molar-refractivity contribution in [1.29, 1.82) is 5.41 Å². The molecule has 3 N–H and O–H groups in total. The predicted molar refractivity (Wildman–Crippen MR) is 128 cm³/mol. The van der Waals surface area contributed by atoms with Gasteiger partial charge in [0.05, 0.1) is 12.1 Å². The standard InChI is InChI=1S/C26H21F5N4O2/c1-26(30,31)25(37)34-22-12-23(36)35(24(22)14-8-17(28)11-18(29)9-14)20-6-7-21(15(10-20)13-32)33-19-4-2-16(27)3-5-19/h2-11,13,22,24,32-33H,12H2,1H3,(H,34,37). The summed E-state index contributed by atoms with van der Waals surface area (Å²) in [5.41, 5.74) is 1.46. The van der Waals surface area contributed by atoms with Crippen molar-refractivity contribution in [3.8, 4) is 0 Å². The van der Waals surface area contributed by atoms with Crippen LogP contribution in [0.3, 0.4) is 0 Å². The van der Waals surface area contributed by atoms with Gasteiger partial charge in [-0.05, 0) is 60.2 Å². The number of carbonyl (C=O) groups is 2. The van der Waals surface area contributed by atoms with E-state index in [1.54, 1.807) is 6.07 Å². The maximum atomic E-state index is 14.1. The summed E-state index contributed by atoms with van der Waals surface area (Å²) in [5, 5.41) is 13.0. The van der Waals surface area contributed by atoms with E-state index in [-0.39, 0.29) is 11.3 Å². The Bertz CT molecular complexity index is 1340. The van der Waals surface area contributed by atoms with Crippen molar-refractivity contribution in [3.63, 3.8) is 0 Å². The van der Waals surface area contributed by atoms with Gasteiger partial charge in [0, 0.05) is 48.3 Å². The third-order valence-electron chi connectivity index (χ3n) is 5.86. The SMILES string of the molecule is CC(F)(F)C(=O)NC1CC(=O)N(c2ccc(Nc3ccc(F)cc3)c(C=N)c2)C1c1cc(F)cc(F)c1. The number of nitrogens with one attached hydrogen (secondary N) is 3. The Morgan fingerprint density at radius 1 is 1.00 bits per heavy atom. The van der Waals surface area contributed by atoms with Gasteiger partial charge in [0.1, 0.15) is 17.5 Å². The molecule has 37 heavy (non-hydrogen) atoms. The highest BCUT2D eigenvalue weighted by Gasteiger charge is 2.45. The molecule has 192 valence electrons. The van der Waals surface area contributed by atoms with Crippen LogP contribution in [-0.4, -0.2) is 30.0 Å². The highest BCUT2D eigenvalue weighted by molar-refractivity contribution is 6.00. The molecule has 2 atom stereocenters. The summed E-state index contributed by atoms with van der Waals surface area (Å²) in [6.07, 6.45) is 0.601. The molecule has 1 saturated heterocycles. The van der Waals surface area contributed by atoms with Crippen LogP contribution in [0.25, 0.3) is 0 Å². The van der Waals surface area contributed by atoms with Gasteiger partial charge in [0.25, 0.3) is 5.91 Å². The summed E-state index contributed by atoms with van der Waals surface area (Å²) >= 11 is 0. The van der Waals surface area contributed by atoms with Gasteiger partial charge in [-0.25, -0.2) is 13.2 Å². The van der Waals surface area contributed by atoms with Gasteiger partial charge in [0.15, 0.2) is 0 Å². The Morgan fingerprint density at radius 3 is 2.24 bits per heavy atom. The Balaban J connectivity index is 1.74. The zero-order valence-electron chi connectivity index (χ0n) is 19.4. The van der Waals surface area contributed by atoms with Gasteiger partial charge in [-0.1, -0.05) is 0 Å². The number of hydrogen-bond donors (Lipinski definition) is 3. The first-order valence-electron chi connectivity index (χ1n) is 11.1. The minimum atomic E-state index is -3.74. The lowest BCUT2D eigenvalue weighted by Crippen LogP contribution is -2.46. The smallest absolute Gasteiger partial charge is 0.321 e. The molecular weight excluding hydrogens is 495 g/mol. The number of alkyl halides is 2. The molecule has 0 radical (unpaired) electrons. The highest BCUT2D eigenvalue weighted by atomic mass is 19.3. The lowest BCUT2D eigenvalue weighted by molar-refractivity contribution is -0.143. The molecule has 0 bridgehead atoms. The summed E-state index contributed by atoms with van der Waals surface area (Å²) in [6.45, 7) is 0.400. The molecule has 3 aromatic carbocycles. The second-order valence-electron chi connectivity index (χ2n) is 8.63. The van der Waals surface area contributed by atoms with E-state index in [0.717, 1.165) is 23.2 Å². The van der Waals surface area contributed by atoms with Gasteiger partial charge in [-0.2, -0.15) is 8.78 Å². The molecule has 1 aliphatic rings. The van der Waals surface area contributed by atoms with Crippen molar-refractivity contribution in [1.82, 2.24) is 5.32 Å². The van der Waals surface area contributed by atoms with Gasteiger partial charge < -0.3 is 20.9 Å². The molecule has 0 spiro atoms. The van der Waals surface area contributed by atoms with E-state index in [9.17, 15) is 31.5 Å². The molecule has 4 rings (SSSR count).